The van der Waals surface area contributed by atoms with Crippen molar-refractivity contribution in [2.45, 2.75) is 71.3 Å². The lowest BCUT2D eigenvalue weighted by molar-refractivity contribution is 0.138. The second-order valence-electron chi connectivity index (χ2n) is 11.2. The van der Waals surface area contributed by atoms with Crippen molar-refractivity contribution in [2.75, 3.05) is 18.4 Å². The summed E-state index contributed by atoms with van der Waals surface area (Å²) < 4.78 is 5.27. The summed E-state index contributed by atoms with van der Waals surface area (Å²) >= 11 is 11.1. The maximum absolute atomic E-state index is 9.51. The molecular formula is C34H49Cl4NO4. The van der Waals surface area contributed by atoms with E-state index in [-0.39, 0.29) is 48.4 Å². The first-order chi connectivity index (χ1) is 19.5. The number of aromatic hydroxyl groups is 1. The van der Waals surface area contributed by atoms with Crippen LogP contribution in [0.15, 0.2) is 72.8 Å². The van der Waals surface area contributed by atoms with Crippen molar-refractivity contribution in [3.8, 4) is 5.75 Å². The van der Waals surface area contributed by atoms with E-state index in [1.54, 1.807) is 24.3 Å². The van der Waals surface area contributed by atoms with Gasteiger partial charge in [0.05, 0.1) is 24.9 Å². The van der Waals surface area contributed by atoms with Gasteiger partial charge < -0.3 is 25.8 Å². The summed E-state index contributed by atoms with van der Waals surface area (Å²) in [5.74, 6) is 1.56. The van der Waals surface area contributed by atoms with Crippen LogP contribution in [-0.2, 0) is 24.0 Å². The van der Waals surface area contributed by atoms with Crippen LogP contribution in [0, 0.1) is 25.7 Å². The van der Waals surface area contributed by atoms with Crippen molar-refractivity contribution in [1.82, 2.24) is 0 Å². The lowest BCUT2D eigenvalue weighted by atomic mass is 9.96. The third-order valence-electron chi connectivity index (χ3n) is 7.23. The molecule has 1 aliphatic rings. The number of benzene rings is 3. The number of epoxide rings is 1. The van der Waals surface area contributed by atoms with Crippen LogP contribution in [0.5, 0.6) is 5.75 Å². The first kappa shape index (κ1) is 41.5. The lowest BCUT2D eigenvalue weighted by Gasteiger charge is -2.16. The summed E-state index contributed by atoms with van der Waals surface area (Å²) in [6.45, 7) is 9.44. The van der Waals surface area contributed by atoms with Gasteiger partial charge in [0.1, 0.15) is 5.75 Å². The van der Waals surface area contributed by atoms with Gasteiger partial charge in [-0.1, -0.05) is 85.6 Å². The molecule has 1 aliphatic heterocycles. The Morgan fingerprint density at radius 1 is 0.721 bits per heavy atom. The molecule has 43 heavy (non-hydrogen) atoms. The molecule has 0 radical (unpaired) electrons. The van der Waals surface area contributed by atoms with Gasteiger partial charge >= 0.3 is 0 Å². The molecule has 242 valence electrons. The fourth-order valence-corrected chi connectivity index (χ4v) is 4.68. The third kappa shape index (κ3) is 16.9. The number of aryl methyl sites for hydroxylation is 2. The number of rotatable bonds is 11. The van der Waals surface area contributed by atoms with E-state index in [1.165, 1.54) is 22.3 Å². The molecule has 3 unspecified atom stereocenters. The zero-order valence-electron chi connectivity index (χ0n) is 25.5. The largest absolute Gasteiger partial charge is 0.508 e. The van der Waals surface area contributed by atoms with Crippen molar-refractivity contribution >= 4 is 48.0 Å². The van der Waals surface area contributed by atoms with E-state index in [1.807, 2.05) is 6.92 Å². The summed E-state index contributed by atoms with van der Waals surface area (Å²) in [7, 11) is 0. The highest BCUT2D eigenvalue weighted by Crippen LogP contribution is 2.23. The summed E-state index contributed by atoms with van der Waals surface area (Å²) in [6.07, 6.45) is 2.01. The highest BCUT2D eigenvalue weighted by molar-refractivity contribution is 6.18. The number of hydrogen-bond acceptors (Lipinski definition) is 5. The average Bonchev–Trinajstić information content (AvgIpc) is 3.82. The van der Waals surface area contributed by atoms with E-state index in [9.17, 15) is 10.2 Å². The molecule has 5 nitrogen and oxygen atoms in total. The number of phenolic OH excluding ortho intramolecular Hbond substituents is 1. The Morgan fingerprint density at radius 2 is 1.12 bits per heavy atom. The molecule has 3 aromatic carbocycles. The van der Waals surface area contributed by atoms with E-state index in [4.69, 9.17) is 38.8 Å². The fraction of sp³-hybridized carbons (Fsp3) is 0.471. The van der Waals surface area contributed by atoms with Crippen LogP contribution in [0.1, 0.15) is 41.7 Å². The number of hydrogen-bond donors (Lipinski definition) is 4. The molecule has 1 saturated heterocycles. The number of nitrogens with two attached hydrogens (primary N) is 1. The Labute approximate surface area is 280 Å². The van der Waals surface area contributed by atoms with Gasteiger partial charge in [-0.2, -0.15) is 0 Å². The van der Waals surface area contributed by atoms with Gasteiger partial charge in [0.2, 0.25) is 0 Å². The molecular weight excluding hydrogens is 628 g/mol. The predicted octanol–water partition coefficient (Wildman–Crippen LogP) is 7.05. The van der Waals surface area contributed by atoms with Crippen molar-refractivity contribution < 1.29 is 20.1 Å². The maximum Gasteiger partial charge on any atom is 0.115 e. The Balaban J connectivity index is 0.000000602. The van der Waals surface area contributed by atoms with Crippen LogP contribution >= 0.6 is 48.0 Å². The standard InChI is InChI=1S/C12H17ClO.C12H16O.C10H14ClNO2.2ClH/c1-9-3-5-11(6-4-9)7-10(2)12(14)8-13;1-9-3-5-11(6-4-9)7-10(2)12-8-13-12;11-6-10(14)9(12)5-7-1-3-8(13)4-2-7;;/h3-6,10,12,14H,7-8H2,1-2H3;3-6,10,12H,7-8H2,1-2H3;1-4,9-10,13-14H,5-6,12H2;2*1H/t2*10?,12-;9?,10-;;/m111../s1. The van der Waals surface area contributed by atoms with Crippen molar-refractivity contribution in [3.05, 3.63) is 101 Å². The molecule has 1 heterocycles. The lowest BCUT2D eigenvalue weighted by Crippen LogP contribution is -2.37. The molecule has 0 bridgehead atoms. The van der Waals surface area contributed by atoms with E-state index in [2.05, 4.69) is 69.3 Å². The number of ether oxygens (including phenoxy) is 1. The highest BCUT2D eigenvalue weighted by atomic mass is 35.5. The van der Waals surface area contributed by atoms with Crippen LogP contribution in [0.3, 0.4) is 0 Å². The third-order valence-corrected chi connectivity index (χ3v) is 7.86. The normalized spacial score (nSPS) is 16.7. The molecule has 4 rings (SSSR count). The smallest absolute Gasteiger partial charge is 0.115 e. The van der Waals surface area contributed by atoms with Crippen molar-refractivity contribution in [3.63, 3.8) is 0 Å². The number of alkyl halides is 2. The van der Waals surface area contributed by atoms with Crippen LogP contribution in [-0.4, -0.2) is 58.0 Å². The summed E-state index contributed by atoms with van der Waals surface area (Å²) in [4.78, 5) is 0. The predicted molar refractivity (Wildman–Crippen MR) is 186 cm³/mol. The number of aliphatic hydroxyl groups excluding tert-OH is 2. The SMILES string of the molecule is Cc1ccc(CC(C)[C@H](O)CCl)cc1.Cc1ccc(CC(C)[C@H]2CO2)cc1.Cl.Cl.NC(Cc1ccc(O)cc1)[C@H](O)CCl. The molecule has 0 spiro atoms. The first-order valence-electron chi connectivity index (χ1n) is 14.3. The molecule has 1 fully saturated rings. The quantitative estimate of drug-likeness (QED) is 0.129. The average molecular weight is 678 g/mol. The topological polar surface area (TPSA) is 99.2 Å². The van der Waals surface area contributed by atoms with Crippen LogP contribution < -0.4 is 5.73 Å². The van der Waals surface area contributed by atoms with Crippen LogP contribution in [0.25, 0.3) is 0 Å². The molecule has 0 aromatic heterocycles. The second-order valence-corrected chi connectivity index (χ2v) is 11.8. The minimum absolute atomic E-state index is 0. The second kappa shape index (κ2) is 22.0. The Bertz CT molecular complexity index is 1050. The number of phenols is 1. The van der Waals surface area contributed by atoms with Crippen molar-refractivity contribution in [1.29, 1.82) is 0 Å². The van der Waals surface area contributed by atoms with Crippen LogP contribution in [0.4, 0.5) is 0 Å². The van der Waals surface area contributed by atoms with Gasteiger partial charge in [0, 0.05) is 17.8 Å². The zero-order valence-corrected chi connectivity index (χ0v) is 28.7. The Hall–Kier alpha value is -1.54. The van der Waals surface area contributed by atoms with E-state index in [0.717, 1.165) is 25.0 Å². The summed E-state index contributed by atoms with van der Waals surface area (Å²) in [6, 6.07) is 23.5. The molecule has 6 atom stereocenters. The Morgan fingerprint density at radius 3 is 1.53 bits per heavy atom. The maximum atomic E-state index is 9.51. The fourth-order valence-electron chi connectivity index (χ4n) is 4.15. The Kier molecular flexibility index (Phi) is 21.3. The molecule has 3 aromatic rings. The van der Waals surface area contributed by atoms with Gasteiger partial charge in [-0.3, -0.25) is 0 Å². The molecule has 9 heteroatoms. The number of halogens is 4. The minimum Gasteiger partial charge on any atom is -0.508 e. The van der Waals surface area contributed by atoms with Crippen LogP contribution in [0.2, 0.25) is 0 Å². The summed E-state index contributed by atoms with van der Waals surface area (Å²) in [5, 5.41) is 27.9. The zero-order chi connectivity index (χ0) is 30.4. The van der Waals surface area contributed by atoms with Gasteiger partial charge in [0.25, 0.3) is 0 Å². The van der Waals surface area contributed by atoms with E-state index >= 15 is 0 Å². The molecule has 0 saturated carbocycles. The first-order valence-corrected chi connectivity index (χ1v) is 15.3. The van der Waals surface area contributed by atoms with Crippen molar-refractivity contribution in [2.24, 2.45) is 17.6 Å². The van der Waals surface area contributed by atoms with E-state index < -0.39 is 12.2 Å². The highest BCUT2D eigenvalue weighted by Gasteiger charge is 2.29. The molecule has 5 N–H and O–H groups in total. The van der Waals surface area contributed by atoms with Gasteiger partial charge in [0.15, 0.2) is 0 Å². The van der Waals surface area contributed by atoms with E-state index in [0.29, 0.717) is 24.3 Å². The summed E-state index contributed by atoms with van der Waals surface area (Å²) in [5.41, 5.74) is 11.9. The monoisotopic (exact) mass is 675 g/mol. The van der Waals surface area contributed by atoms with Gasteiger partial charge in [-0.25, -0.2) is 0 Å². The minimum atomic E-state index is -0.689. The number of aliphatic hydroxyl groups is 2. The molecule has 0 aliphatic carbocycles. The van der Waals surface area contributed by atoms with Gasteiger partial charge in [-0.05, 0) is 73.8 Å². The molecule has 0 amide bonds. The van der Waals surface area contributed by atoms with Gasteiger partial charge in [-0.15, -0.1) is 48.0 Å².